The predicted molar refractivity (Wildman–Crippen MR) is 60.9 cm³/mol. The third kappa shape index (κ3) is 2.56. The number of hydrogen-bond acceptors (Lipinski definition) is 4. The molecule has 0 heterocycles. The first-order valence-corrected chi connectivity index (χ1v) is 4.99. The molecular formula is C11H16N2O3. The molecule has 0 spiro atoms. The molecule has 0 saturated carbocycles. The fourth-order valence-corrected chi connectivity index (χ4v) is 1.38. The van der Waals surface area contributed by atoms with Crippen LogP contribution in [-0.2, 0) is 0 Å². The van der Waals surface area contributed by atoms with Crippen molar-refractivity contribution in [1.82, 2.24) is 0 Å². The standard InChI is InChI=1S/C11H16N2O3/c1-11(2,7-14)10(12)8-4-3-5-9(6-8)13(15)16/h3-6,10,14H,7,12H2,1-2H3/t10-/m1/s1. The van der Waals surface area contributed by atoms with E-state index >= 15 is 0 Å². The first kappa shape index (κ1) is 12.6. The van der Waals surface area contributed by atoms with E-state index in [-0.39, 0.29) is 12.3 Å². The van der Waals surface area contributed by atoms with Gasteiger partial charge >= 0.3 is 0 Å². The van der Waals surface area contributed by atoms with Gasteiger partial charge in [-0.3, -0.25) is 10.1 Å². The third-order valence-corrected chi connectivity index (χ3v) is 2.69. The maximum atomic E-state index is 10.6. The van der Waals surface area contributed by atoms with Gasteiger partial charge in [0.2, 0.25) is 0 Å². The fraction of sp³-hybridized carbons (Fsp3) is 0.455. The van der Waals surface area contributed by atoms with E-state index in [2.05, 4.69) is 0 Å². The third-order valence-electron chi connectivity index (χ3n) is 2.69. The summed E-state index contributed by atoms with van der Waals surface area (Å²) in [7, 11) is 0. The number of non-ortho nitro benzene ring substituents is 1. The van der Waals surface area contributed by atoms with Crippen LogP contribution in [0, 0.1) is 15.5 Å². The van der Waals surface area contributed by atoms with Crippen molar-refractivity contribution in [2.75, 3.05) is 6.61 Å². The van der Waals surface area contributed by atoms with Crippen LogP contribution in [0.2, 0.25) is 0 Å². The van der Waals surface area contributed by atoms with Crippen LogP contribution in [0.5, 0.6) is 0 Å². The highest BCUT2D eigenvalue weighted by atomic mass is 16.6. The summed E-state index contributed by atoms with van der Waals surface area (Å²) >= 11 is 0. The lowest BCUT2D eigenvalue weighted by Crippen LogP contribution is -2.32. The number of nitrogens with two attached hydrogens (primary N) is 1. The van der Waals surface area contributed by atoms with E-state index < -0.39 is 16.4 Å². The van der Waals surface area contributed by atoms with Crippen molar-refractivity contribution in [2.24, 2.45) is 11.1 Å². The molecule has 0 bridgehead atoms. The molecule has 0 unspecified atom stereocenters. The molecule has 0 amide bonds. The molecule has 0 radical (unpaired) electrons. The summed E-state index contributed by atoms with van der Waals surface area (Å²) in [6.45, 7) is 3.56. The molecule has 0 aliphatic rings. The fourth-order valence-electron chi connectivity index (χ4n) is 1.38. The highest BCUT2D eigenvalue weighted by Crippen LogP contribution is 2.31. The molecule has 0 saturated heterocycles. The normalized spacial score (nSPS) is 13.5. The first-order valence-electron chi connectivity index (χ1n) is 4.99. The van der Waals surface area contributed by atoms with Crippen LogP contribution in [0.25, 0.3) is 0 Å². The number of rotatable bonds is 4. The van der Waals surface area contributed by atoms with Crippen LogP contribution in [-0.4, -0.2) is 16.6 Å². The van der Waals surface area contributed by atoms with Crippen molar-refractivity contribution < 1.29 is 10.0 Å². The summed E-state index contributed by atoms with van der Waals surface area (Å²) < 4.78 is 0. The average Bonchev–Trinajstić information content (AvgIpc) is 2.28. The molecule has 5 heteroatoms. The Balaban J connectivity index is 3.05. The van der Waals surface area contributed by atoms with E-state index in [1.807, 2.05) is 13.8 Å². The zero-order chi connectivity index (χ0) is 12.3. The lowest BCUT2D eigenvalue weighted by molar-refractivity contribution is -0.384. The quantitative estimate of drug-likeness (QED) is 0.600. The van der Waals surface area contributed by atoms with E-state index in [1.165, 1.54) is 12.1 Å². The van der Waals surface area contributed by atoms with Gasteiger partial charge in [-0.1, -0.05) is 26.0 Å². The molecule has 3 N–H and O–H groups in total. The summed E-state index contributed by atoms with van der Waals surface area (Å²) in [4.78, 5) is 10.2. The number of nitro groups is 1. The predicted octanol–water partition coefficient (Wildman–Crippen LogP) is 1.61. The van der Waals surface area contributed by atoms with Crippen molar-refractivity contribution in [1.29, 1.82) is 0 Å². The van der Waals surface area contributed by atoms with Gasteiger partial charge < -0.3 is 10.8 Å². The Labute approximate surface area is 94.0 Å². The summed E-state index contributed by atoms with van der Waals surface area (Å²) in [6.07, 6.45) is 0. The number of hydrogen-bond donors (Lipinski definition) is 2. The largest absolute Gasteiger partial charge is 0.396 e. The molecule has 1 aromatic rings. The Bertz CT molecular complexity index is 391. The van der Waals surface area contributed by atoms with Gasteiger partial charge in [-0.05, 0) is 5.56 Å². The summed E-state index contributed by atoms with van der Waals surface area (Å²) in [6, 6.07) is 5.76. The average molecular weight is 224 g/mol. The number of nitro benzene ring substituents is 1. The smallest absolute Gasteiger partial charge is 0.269 e. The Morgan fingerprint density at radius 2 is 2.19 bits per heavy atom. The van der Waals surface area contributed by atoms with Gasteiger partial charge in [-0.2, -0.15) is 0 Å². The molecule has 1 rings (SSSR count). The topological polar surface area (TPSA) is 89.4 Å². The second kappa shape index (κ2) is 4.59. The van der Waals surface area contributed by atoms with Crippen molar-refractivity contribution in [3.63, 3.8) is 0 Å². The summed E-state index contributed by atoms with van der Waals surface area (Å²) in [5, 5.41) is 19.8. The van der Waals surface area contributed by atoms with Gasteiger partial charge in [0, 0.05) is 30.2 Å². The number of aliphatic hydroxyl groups is 1. The van der Waals surface area contributed by atoms with Crippen LogP contribution in [0.3, 0.4) is 0 Å². The van der Waals surface area contributed by atoms with Crippen LogP contribution >= 0.6 is 0 Å². The van der Waals surface area contributed by atoms with E-state index in [9.17, 15) is 15.2 Å². The molecule has 5 nitrogen and oxygen atoms in total. The van der Waals surface area contributed by atoms with Gasteiger partial charge in [0.1, 0.15) is 0 Å². The molecule has 1 atom stereocenters. The zero-order valence-electron chi connectivity index (χ0n) is 9.38. The van der Waals surface area contributed by atoms with E-state index in [1.54, 1.807) is 12.1 Å². The lowest BCUT2D eigenvalue weighted by Gasteiger charge is -2.29. The summed E-state index contributed by atoms with van der Waals surface area (Å²) in [5.41, 5.74) is 6.14. The first-order chi connectivity index (χ1) is 7.38. The molecule has 0 aliphatic heterocycles. The van der Waals surface area contributed by atoms with Crippen LogP contribution in [0.4, 0.5) is 5.69 Å². The second-order valence-electron chi connectivity index (χ2n) is 4.48. The maximum Gasteiger partial charge on any atom is 0.269 e. The Hall–Kier alpha value is -1.46. The number of nitrogens with zero attached hydrogens (tertiary/aromatic N) is 1. The highest BCUT2D eigenvalue weighted by Gasteiger charge is 2.27. The minimum atomic E-state index is -0.505. The Morgan fingerprint density at radius 1 is 1.56 bits per heavy atom. The van der Waals surface area contributed by atoms with Gasteiger partial charge in [-0.15, -0.1) is 0 Å². The Kier molecular flexibility index (Phi) is 3.62. The van der Waals surface area contributed by atoms with Crippen LogP contribution in [0.1, 0.15) is 25.5 Å². The molecular weight excluding hydrogens is 208 g/mol. The molecule has 0 aromatic heterocycles. The van der Waals surface area contributed by atoms with Crippen molar-refractivity contribution in [3.05, 3.63) is 39.9 Å². The van der Waals surface area contributed by atoms with E-state index in [0.29, 0.717) is 5.56 Å². The van der Waals surface area contributed by atoms with Crippen molar-refractivity contribution in [3.8, 4) is 0 Å². The SMILES string of the molecule is CC(C)(CO)[C@H](N)c1cccc([N+](=O)[O-])c1. The molecule has 0 aliphatic carbocycles. The van der Waals surface area contributed by atoms with Gasteiger partial charge in [0.05, 0.1) is 4.92 Å². The number of aliphatic hydroxyl groups excluding tert-OH is 1. The number of benzene rings is 1. The minimum Gasteiger partial charge on any atom is -0.396 e. The molecule has 88 valence electrons. The van der Waals surface area contributed by atoms with Crippen molar-refractivity contribution >= 4 is 5.69 Å². The van der Waals surface area contributed by atoms with E-state index in [0.717, 1.165) is 0 Å². The maximum absolute atomic E-state index is 10.6. The van der Waals surface area contributed by atoms with Gasteiger partial charge in [0.15, 0.2) is 0 Å². The molecule has 0 fully saturated rings. The van der Waals surface area contributed by atoms with Gasteiger partial charge in [-0.25, -0.2) is 0 Å². The zero-order valence-corrected chi connectivity index (χ0v) is 9.38. The Morgan fingerprint density at radius 3 is 2.69 bits per heavy atom. The van der Waals surface area contributed by atoms with Crippen molar-refractivity contribution in [2.45, 2.75) is 19.9 Å². The summed E-state index contributed by atoms with van der Waals surface area (Å²) in [5.74, 6) is 0. The molecule has 1 aromatic carbocycles. The van der Waals surface area contributed by atoms with E-state index in [4.69, 9.17) is 5.73 Å². The van der Waals surface area contributed by atoms with Gasteiger partial charge in [0.25, 0.3) is 5.69 Å². The second-order valence-corrected chi connectivity index (χ2v) is 4.48. The minimum absolute atomic E-state index is 0.0155. The highest BCUT2D eigenvalue weighted by molar-refractivity contribution is 5.36. The molecule has 16 heavy (non-hydrogen) atoms. The lowest BCUT2D eigenvalue weighted by atomic mass is 9.82. The van der Waals surface area contributed by atoms with Crippen LogP contribution in [0.15, 0.2) is 24.3 Å². The monoisotopic (exact) mass is 224 g/mol. The van der Waals surface area contributed by atoms with Crippen LogP contribution < -0.4 is 5.73 Å².